The Kier molecular flexibility index (Phi) is 3.20. The maximum atomic E-state index is 12.0. The summed E-state index contributed by atoms with van der Waals surface area (Å²) in [6.45, 7) is -0.122. The second-order valence-corrected chi connectivity index (χ2v) is 2.74. The number of ether oxygens (including phenoxy) is 1. The Balaban J connectivity index is 3.23. The van der Waals surface area contributed by atoms with Crippen molar-refractivity contribution in [2.24, 2.45) is 5.73 Å². The first-order valence-corrected chi connectivity index (χ1v) is 4.02. The fourth-order valence-corrected chi connectivity index (χ4v) is 0.981. The topological polar surface area (TPSA) is 98.0 Å². The van der Waals surface area contributed by atoms with Crippen LogP contribution in [-0.2, 0) is 6.54 Å². The molecule has 0 aliphatic rings. The van der Waals surface area contributed by atoms with E-state index in [-0.39, 0.29) is 17.9 Å². The maximum absolute atomic E-state index is 12.0. The van der Waals surface area contributed by atoms with Crippen LogP contribution in [0, 0.1) is 11.3 Å². The van der Waals surface area contributed by atoms with Crippen LogP contribution < -0.4 is 16.2 Å². The molecule has 0 aliphatic carbocycles. The largest absolute Gasteiger partial charge is 0.573 e. The van der Waals surface area contributed by atoms with Crippen molar-refractivity contribution >= 4 is 5.69 Å². The van der Waals surface area contributed by atoms with Gasteiger partial charge < -0.3 is 16.2 Å². The van der Waals surface area contributed by atoms with Crippen molar-refractivity contribution in [3.8, 4) is 11.8 Å². The Morgan fingerprint density at radius 1 is 1.50 bits per heavy atom. The molecular weight excluding hydrogens is 225 g/mol. The lowest BCUT2D eigenvalue weighted by molar-refractivity contribution is -0.274. The van der Waals surface area contributed by atoms with Crippen molar-refractivity contribution < 1.29 is 17.9 Å². The van der Waals surface area contributed by atoms with Crippen molar-refractivity contribution in [2.45, 2.75) is 12.9 Å². The minimum absolute atomic E-state index is 0.0880. The molecule has 0 radical (unpaired) electrons. The molecule has 0 aliphatic heterocycles. The summed E-state index contributed by atoms with van der Waals surface area (Å²) >= 11 is 0. The highest BCUT2D eigenvalue weighted by Crippen LogP contribution is 2.30. The standard InChI is InChI=1S/C8H7F3N4O/c9-8(10,11)16-6-1-4(2-12)15-5(3-13)7(6)14/h1H,2,12,14H2. The van der Waals surface area contributed by atoms with Gasteiger partial charge in [0.2, 0.25) is 0 Å². The quantitative estimate of drug-likeness (QED) is 0.789. The minimum atomic E-state index is -4.88. The van der Waals surface area contributed by atoms with E-state index in [1.54, 1.807) is 6.07 Å². The van der Waals surface area contributed by atoms with E-state index in [4.69, 9.17) is 16.7 Å². The lowest BCUT2D eigenvalue weighted by atomic mass is 10.2. The molecule has 16 heavy (non-hydrogen) atoms. The van der Waals surface area contributed by atoms with Crippen molar-refractivity contribution in [3.05, 3.63) is 17.5 Å². The van der Waals surface area contributed by atoms with E-state index in [9.17, 15) is 13.2 Å². The van der Waals surface area contributed by atoms with Crippen LogP contribution in [0.25, 0.3) is 0 Å². The number of rotatable bonds is 2. The van der Waals surface area contributed by atoms with E-state index in [0.717, 1.165) is 6.07 Å². The van der Waals surface area contributed by atoms with Crippen LogP contribution in [0.5, 0.6) is 5.75 Å². The van der Waals surface area contributed by atoms with Gasteiger partial charge >= 0.3 is 6.36 Å². The number of aromatic nitrogens is 1. The normalized spacial score (nSPS) is 10.9. The molecule has 0 spiro atoms. The van der Waals surface area contributed by atoms with Crippen LogP contribution in [0.1, 0.15) is 11.4 Å². The zero-order chi connectivity index (χ0) is 12.3. The molecule has 86 valence electrons. The highest BCUT2D eigenvalue weighted by atomic mass is 19.4. The average molecular weight is 232 g/mol. The van der Waals surface area contributed by atoms with E-state index in [0.29, 0.717) is 0 Å². The van der Waals surface area contributed by atoms with Crippen LogP contribution in [-0.4, -0.2) is 11.3 Å². The van der Waals surface area contributed by atoms with Crippen molar-refractivity contribution in [1.29, 1.82) is 5.26 Å². The van der Waals surface area contributed by atoms with Gasteiger partial charge in [0, 0.05) is 12.6 Å². The zero-order valence-electron chi connectivity index (χ0n) is 7.88. The Morgan fingerprint density at radius 2 is 2.12 bits per heavy atom. The fraction of sp³-hybridized carbons (Fsp3) is 0.250. The molecular formula is C8H7F3N4O. The number of nitrogens with zero attached hydrogens (tertiary/aromatic N) is 2. The maximum Gasteiger partial charge on any atom is 0.573 e. The second-order valence-electron chi connectivity index (χ2n) is 2.74. The summed E-state index contributed by atoms with van der Waals surface area (Å²) in [6.07, 6.45) is -4.88. The average Bonchev–Trinajstić information content (AvgIpc) is 2.19. The molecule has 0 unspecified atom stereocenters. The van der Waals surface area contributed by atoms with Crippen LogP contribution >= 0.6 is 0 Å². The zero-order valence-corrected chi connectivity index (χ0v) is 7.88. The molecule has 5 nitrogen and oxygen atoms in total. The smallest absolute Gasteiger partial charge is 0.403 e. The number of halogens is 3. The molecule has 8 heteroatoms. The lowest BCUT2D eigenvalue weighted by Crippen LogP contribution is -2.19. The van der Waals surface area contributed by atoms with Gasteiger partial charge in [0.1, 0.15) is 11.8 Å². The summed E-state index contributed by atoms with van der Waals surface area (Å²) in [7, 11) is 0. The second kappa shape index (κ2) is 4.24. The predicted molar refractivity (Wildman–Crippen MR) is 47.9 cm³/mol. The number of nitrogens with two attached hydrogens (primary N) is 2. The first-order valence-electron chi connectivity index (χ1n) is 4.02. The van der Waals surface area contributed by atoms with Gasteiger partial charge in [0.05, 0.1) is 5.69 Å². The Labute approximate surface area is 88.4 Å². The number of hydrogen-bond acceptors (Lipinski definition) is 5. The number of alkyl halides is 3. The summed E-state index contributed by atoms with van der Waals surface area (Å²) in [5.74, 6) is -0.667. The molecule has 0 aromatic carbocycles. The van der Waals surface area contributed by atoms with Gasteiger partial charge in [-0.2, -0.15) is 5.26 Å². The molecule has 1 aromatic rings. The first kappa shape index (κ1) is 12.1. The van der Waals surface area contributed by atoms with Gasteiger partial charge in [-0.1, -0.05) is 0 Å². The van der Waals surface area contributed by atoms with Crippen LogP contribution in [0.4, 0.5) is 18.9 Å². The molecule has 0 fully saturated rings. The van der Waals surface area contributed by atoms with Crippen molar-refractivity contribution in [3.63, 3.8) is 0 Å². The molecule has 0 saturated carbocycles. The number of nitrogen functional groups attached to an aromatic ring is 1. The van der Waals surface area contributed by atoms with Crippen molar-refractivity contribution in [2.75, 3.05) is 5.73 Å². The van der Waals surface area contributed by atoms with E-state index >= 15 is 0 Å². The molecule has 1 aromatic heterocycles. The highest BCUT2D eigenvalue weighted by Gasteiger charge is 2.32. The van der Waals surface area contributed by atoms with Gasteiger partial charge in [-0.3, -0.25) is 0 Å². The van der Waals surface area contributed by atoms with Gasteiger partial charge in [-0.25, -0.2) is 4.98 Å². The monoisotopic (exact) mass is 232 g/mol. The summed E-state index contributed by atoms with van der Waals surface area (Å²) in [5, 5.41) is 8.59. The summed E-state index contributed by atoms with van der Waals surface area (Å²) in [6, 6.07) is 2.51. The molecule has 4 N–H and O–H groups in total. The Hall–Kier alpha value is -2.01. The van der Waals surface area contributed by atoms with Crippen LogP contribution in [0.2, 0.25) is 0 Å². The molecule has 0 amide bonds. The number of nitriles is 1. The van der Waals surface area contributed by atoms with Crippen molar-refractivity contribution in [1.82, 2.24) is 4.98 Å². The van der Waals surface area contributed by atoms with Gasteiger partial charge in [0.25, 0.3) is 0 Å². The Morgan fingerprint density at radius 3 is 2.56 bits per heavy atom. The van der Waals surface area contributed by atoms with Crippen LogP contribution in [0.3, 0.4) is 0 Å². The number of hydrogen-bond donors (Lipinski definition) is 2. The molecule has 0 bridgehead atoms. The highest BCUT2D eigenvalue weighted by molar-refractivity contribution is 5.60. The fourth-order valence-electron chi connectivity index (χ4n) is 0.981. The third-order valence-electron chi connectivity index (χ3n) is 1.61. The molecule has 0 atom stereocenters. The van der Waals surface area contributed by atoms with Gasteiger partial charge in [-0.15, -0.1) is 13.2 Å². The van der Waals surface area contributed by atoms with E-state index in [1.807, 2.05) is 0 Å². The van der Waals surface area contributed by atoms with Gasteiger partial charge in [-0.05, 0) is 0 Å². The first-order chi connectivity index (χ1) is 7.37. The summed E-state index contributed by atoms with van der Waals surface area (Å²) in [5.41, 5.74) is 9.76. The third-order valence-corrected chi connectivity index (χ3v) is 1.61. The number of anilines is 1. The lowest BCUT2D eigenvalue weighted by Gasteiger charge is -2.12. The summed E-state index contributed by atoms with van der Waals surface area (Å²) < 4.78 is 39.6. The number of pyridine rings is 1. The van der Waals surface area contributed by atoms with Gasteiger partial charge in [0.15, 0.2) is 11.4 Å². The summed E-state index contributed by atoms with van der Waals surface area (Å²) in [4.78, 5) is 3.64. The third kappa shape index (κ3) is 2.74. The molecule has 1 rings (SSSR count). The SMILES string of the molecule is N#Cc1nc(CN)cc(OC(F)(F)F)c1N. The van der Waals surface area contributed by atoms with E-state index in [1.165, 1.54) is 0 Å². The molecule has 1 heterocycles. The Bertz CT molecular complexity index is 438. The van der Waals surface area contributed by atoms with Crippen LogP contribution in [0.15, 0.2) is 6.07 Å². The van der Waals surface area contributed by atoms with E-state index < -0.39 is 17.8 Å². The minimum Gasteiger partial charge on any atom is -0.403 e. The predicted octanol–water partition coefficient (Wildman–Crippen LogP) is 0.893. The van der Waals surface area contributed by atoms with E-state index in [2.05, 4.69) is 9.72 Å². The molecule has 0 saturated heterocycles.